The zero-order chi connectivity index (χ0) is 14.3. The van der Waals surface area contributed by atoms with Crippen molar-refractivity contribution in [3.05, 3.63) is 29.3 Å². The maximum atomic E-state index is 10.4. The number of carboxylic acids is 1. The summed E-state index contributed by atoms with van der Waals surface area (Å²) in [5.74, 6) is -0.873. The highest BCUT2D eigenvalue weighted by Crippen LogP contribution is 2.22. The summed E-state index contributed by atoms with van der Waals surface area (Å²) in [7, 11) is 0. The molecular formula is C15H23NO3. The number of aliphatic carboxylic acids is 1. The quantitative estimate of drug-likeness (QED) is 0.675. The van der Waals surface area contributed by atoms with Gasteiger partial charge < -0.3 is 15.5 Å². The van der Waals surface area contributed by atoms with Gasteiger partial charge in [0, 0.05) is 18.7 Å². The molecule has 0 bridgehead atoms. The number of nitrogens with one attached hydrogen (secondary N) is 1. The molecule has 1 unspecified atom stereocenters. The van der Waals surface area contributed by atoms with E-state index in [-0.39, 0.29) is 12.8 Å². The molecule has 4 nitrogen and oxygen atoms in total. The average Bonchev–Trinajstić information content (AvgIpc) is 2.42. The van der Waals surface area contributed by atoms with Crippen LogP contribution < -0.4 is 5.32 Å². The van der Waals surface area contributed by atoms with Crippen LogP contribution in [0, 0.1) is 0 Å². The molecule has 0 aliphatic heterocycles. The highest BCUT2D eigenvalue weighted by atomic mass is 16.4. The summed E-state index contributed by atoms with van der Waals surface area (Å²) in [5, 5.41) is 21.6. The lowest BCUT2D eigenvalue weighted by Crippen LogP contribution is -2.21. The van der Waals surface area contributed by atoms with E-state index in [2.05, 4.69) is 31.3 Å². The molecule has 1 rings (SSSR count). The molecule has 0 spiro atoms. The molecule has 0 saturated heterocycles. The number of carbonyl (C=O) groups is 1. The fraction of sp³-hybridized carbons (Fsp3) is 0.533. The van der Waals surface area contributed by atoms with Crippen molar-refractivity contribution in [3.63, 3.8) is 0 Å². The number of benzene rings is 1. The van der Waals surface area contributed by atoms with Gasteiger partial charge in [-0.3, -0.25) is 4.79 Å². The lowest BCUT2D eigenvalue weighted by molar-refractivity contribution is -0.137. The molecule has 0 radical (unpaired) electrons. The summed E-state index contributed by atoms with van der Waals surface area (Å²) >= 11 is 0. The minimum atomic E-state index is -0.873. The fourth-order valence-corrected chi connectivity index (χ4v) is 2.08. The molecule has 106 valence electrons. The van der Waals surface area contributed by atoms with Crippen molar-refractivity contribution in [2.45, 2.75) is 45.6 Å². The van der Waals surface area contributed by atoms with Crippen LogP contribution in [0.5, 0.6) is 0 Å². The molecule has 4 heteroatoms. The van der Waals surface area contributed by atoms with Gasteiger partial charge in [-0.1, -0.05) is 32.0 Å². The molecule has 0 fully saturated rings. The number of aliphatic hydroxyl groups excluding tert-OH is 1. The van der Waals surface area contributed by atoms with Crippen molar-refractivity contribution in [3.8, 4) is 0 Å². The van der Waals surface area contributed by atoms with Gasteiger partial charge in [0.25, 0.3) is 0 Å². The Bertz CT molecular complexity index is 396. The summed E-state index contributed by atoms with van der Waals surface area (Å²) in [6, 6.07) is 6.19. The molecule has 1 aromatic rings. The topological polar surface area (TPSA) is 69.6 Å². The van der Waals surface area contributed by atoms with Crippen LogP contribution in [0.25, 0.3) is 0 Å². The van der Waals surface area contributed by atoms with Crippen molar-refractivity contribution in [1.29, 1.82) is 0 Å². The number of rotatable bonds is 8. The third-order valence-corrected chi connectivity index (χ3v) is 3.20. The predicted octanol–water partition coefficient (Wildman–Crippen LogP) is 2.45. The van der Waals surface area contributed by atoms with E-state index in [1.165, 1.54) is 11.1 Å². The van der Waals surface area contributed by atoms with E-state index in [9.17, 15) is 9.90 Å². The van der Waals surface area contributed by atoms with Crippen LogP contribution in [0.15, 0.2) is 18.2 Å². The number of anilines is 1. The molecule has 0 saturated carbocycles. The van der Waals surface area contributed by atoms with Crippen LogP contribution in [-0.4, -0.2) is 28.8 Å². The number of carboxylic acid groups (broad SMARTS) is 1. The van der Waals surface area contributed by atoms with Gasteiger partial charge in [0.05, 0.1) is 6.10 Å². The first-order chi connectivity index (χ1) is 9.08. The summed E-state index contributed by atoms with van der Waals surface area (Å²) in [6.07, 6.45) is 1.51. The lowest BCUT2D eigenvalue weighted by atomic mass is 10.0. The normalized spacial score (nSPS) is 12.2. The molecule has 0 amide bonds. The third-order valence-electron chi connectivity index (χ3n) is 3.20. The number of aryl methyl sites for hydroxylation is 2. The van der Waals surface area contributed by atoms with E-state index in [4.69, 9.17) is 5.11 Å². The molecule has 1 aromatic carbocycles. The molecule has 0 aliphatic rings. The Kier molecular flexibility index (Phi) is 6.36. The van der Waals surface area contributed by atoms with E-state index in [1.54, 1.807) is 0 Å². The van der Waals surface area contributed by atoms with Gasteiger partial charge in [-0.05, 0) is 30.4 Å². The third kappa shape index (κ3) is 4.91. The SMILES string of the molecule is CCc1cccc(CC)c1NCC(O)CCC(=O)O. The second-order valence-corrected chi connectivity index (χ2v) is 4.63. The second-order valence-electron chi connectivity index (χ2n) is 4.63. The van der Waals surface area contributed by atoms with Crippen molar-refractivity contribution >= 4 is 11.7 Å². The number of aliphatic hydroxyl groups is 1. The maximum Gasteiger partial charge on any atom is 0.303 e. The van der Waals surface area contributed by atoms with Crippen LogP contribution in [0.4, 0.5) is 5.69 Å². The van der Waals surface area contributed by atoms with E-state index < -0.39 is 12.1 Å². The average molecular weight is 265 g/mol. The zero-order valence-corrected chi connectivity index (χ0v) is 11.6. The van der Waals surface area contributed by atoms with E-state index in [1.807, 2.05) is 6.07 Å². The highest BCUT2D eigenvalue weighted by molar-refractivity contribution is 5.66. The van der Waals surface area contributed by atoms with Crippen molar-refractivity contribution < 1.29 is 15.0 Å². The first-order valence-electron chi connectivity index (χ1n) is 6.82. The number of hydrogen-bond donors (Lipinski definition) is 3. The van der Waals surface area contributed by atoms with Crippen LogP contribution >= 0.6 is 0 Å². The van der Waals surface area contributed by atoms with E-state index >= 15 is 0 Å². The molecule has 19 heavy (non-hydrogen) atoms. The van der Waals surface area contributed by atoms with Crippen LogP contribution in [0.2, 0.25) is 0 Å². The Hall–Kier alpha value is -1.55. The monoisotopic (exact) mass is 265 g/mol. The van der Waals surface area contributed by atoms with Gasteiger partial charge in [0.15, 0.2) is 0 Å². The maximum absolute atomic E-state index is 10.4. The van der Waals surface area contributed by atoms with Crippen LogP contribution in [0.1, 0.15) is 37.8 Å². The summed E-state index contributed by atoms with van der Waals surface area (Å²) < 4.78 is 0. The highest BCUT2D eigenvalue weighted by Gasteiger charge is 2.10. The van der Waals surface area contributed by atoms with Gasteiger partial charge in [-0.2, -0.15) is 0 Å². The second kappa shape index (κ2) is 7.79. The largest absolute Gasteiger partial charge is 0.481 e. The molecule has 0 aliphatic carbocycles. The summed E-state index contributed by atoms with van der Waals surface area (Å²) in [6.45, 7) is 4.58. The standard InChI is InChI=1S/C15H23NO3/c1-3-11-6-5-7-12(4-2)15(11)16-10-13(17)8-9-14(18)19/h5-7,13,16-17H,3-4,8-10H2,1-2H3,(H,18,19). The molecule has 1 atom stereocenters. The fourth-order valence-electron chi connectivity index (χ4n) is 2.08. The Morgan fingerprint density at radius 2 is 1.84 bits per heavy atom. The van der Waals surface area contributed by atoms with E-state index in [0.29, 0.717) is 6.54 Å². The summed E-state index contributed by atoms with van der Waals surface area (Å²) in [5.41, 5.74) is 3.54. The van der Waals surface area contributed by atoms with Crippen LogP contribution in [0.3, 0.4) is 0 Å². The predicted molar refractivity (Wildman–Crippen MR) is 76.6 cm³/mol. The summed E-state index contributed by atoms with van der Waals surface area (Å²) in [4.78, 5) is 10.4. The molecule has 3 N–H and O–H groups in total. The Morgan fingerprint density at radius 1 is 1.26 bits per heavy atom. The van der Waals surface area contributed by atoms with Gasteiger partial charge in [-0.15, -0.1) is 0 Å². The van der Waals surface area contributed by atoms with Crippen LogP contribution in [-0.2, 0) is 17.6 Å². The smallest absolute Gasteiger partial charge is 0.303 e. The Labute approximate surface area is 114 Å². The first kappa shape index (κ1) is 15.5. The first-order valence-corrected chi connectivity index (χ1v) is 6.82. The Balaban J connectivity index is 2.63. The van der Waals surface area contributed by atoms with Gasteiger partial charge >= 0.3 is 5.97 Å². The molecular weight excluding hydrogens is 242 g/mol. The molecule has 0 heterocycles. The molecule has 0 aromatic heterocycles. The zero-order valence-electron chi connectivity index (χ0n) is 11.6. The van der Waals surface area contributed by atoms with Crippen molar-refractivity contribution in [2.24, 2.45) is 0 Å². The van der Waals surface area contributed by atoms with Gasteiger partial charge in [0.1, 0.15) is 0 Å². The number of hydrogen-bond acceptors (Lipinski definition) is 3. The van der Waals surface area contributed by atoms with Gasteiger partial charge in [0.2, 0.25) is 0 Å². The van der Waals surface area contributed by atoms with E-state index in [0.717, 1.165) is 18.5 Å². The van der Waals surface area contributed by atoms with Crippen molar-refractivity contribution in [1.82, 2.24) is 0 Å². The van der Waals surface area contributed by atoms with Gasteiger partial charge in [-0.25, -0.2) is 0 Å². The Morgan fingerprint density at radius 3 is 2.32 bits per heavy atom. The number of para-hydroxylation sites is 1. The lowest BCUT2D eigenvalue weighted by Gasteiger charge is -2.17. The minimum Gasteiger partial charge on any atom is -0.481 e. The minimum absolute atomic E-state index is 0.00109. The van der Waals surface area contributed by atoms with Crippen molar-refractivity contribution in [2.75, 3.05) is 11.9 Å².